The maximum absolute atomic E-state index is 14.3. The van der Waals surface area contributed by atoms with Gasteiger partial charge in [-0.2, -0.15) is 4.39 Å². The summed E-state index contributed by atoms with van der Waals surface area (Å²) in [6, 6.07) is 1.35. The molecule has 3 rings (SSSR count). The number of hydrogen-bond donors (Lipinski definition) is 1. The van der Waals surface area contributed by atoms with Crippen LogP contribution in [0.25, 0.3) is 11.0 Å². The molecule has 1 aromatic carbocycles. The molecule has 0 aliphatic carbocycles. The van der Waals surface area contributed by atoms with Crippen LogP contribution in [0.15, 0.2) is 10.6 Å². The van der Waals surface area contributed by atoms with Crippen molar-refractivity contribution in [2.24, 2.45) is 0 Å². The lowest BCUT2D eigenvalue weighted by atomic mass is 10.1. The van der Waals surface area contributed by atoms with Gasteiger partial charge in [0.1, 0.15) is 0 Å². The van der Waals surface area contributed by atoms with Crippen LogP contribution in [0.4, 0.5) is 14.6 Å². The molecule has 1 saturated heterocycles. The zero-order valence-corrected chi connectivity index (χ0v) is 14.6. The first-order valence-electron chi connectivity index (χ1n) is 7.91. The summed E-state index contributed by atoms with van der Waals surface area (Å²) >= 11 is 1.19. The van der Waals surface area contributed by atoms with Crippen molar-refractivity contribution in [3.05, 3.63) is 23.3 Å². The van der Waals surface area contributed by atoms with Gasteiger partial charge in [-0.05, 0) is 12.5 Å². The van der Waals surface area contributed by atoms with Crippen LogP contribution < -0.4 is 5.32 Å². The summed E-state index contributed by atoms with van der Waals surface area (Å²) in [5, 5.41) is 7.25. The summed E-state index contributed by atoms with van der Waals surface area (Å²) in [4.78, 5) is 11.1. The molecule has 25 heavy (non-hydrogen) atoms. The molecule has 0 bridgehead atoms. The number of ether oxygens (including phenoxy) is 2. The molecule has 1 fully saturated rings. The fourth-order valence-corrected chi connectivity index (χ4v) is 3.28. The number of carbonyl (C=O) groups is 1. The number of thioether (sulfide) groups is 1. The Morgan fingerprint density at radius 1 is 1.40 bits per heavy atom. The Bertz CT molecular complexity index is 777. The summed E-state index contributed by atoms with van der Waals surface area (Å²) in [6.45, 7) is 4.08. The molecule has 2 heterocycles. The van der Waals surface area contributed by atoms with E-state index in [1.54, 1.807) is 0 Å². The maximum Gasteiger partial charge on any atom is 0.207 e. The SMILES string of the molecule is CC[C@@H](CSC(C)=O)Nc1noc2c(F)c(F)c(C3OCCO3)cc12. The molecular weight excluding hydrogens is 354 g/mol. The first-order valence-corrected chi connectivity index (χ1v) is 8.90. The van der Waals surface area contributed by atoms with Gasteiger partial charge in [-0.25, -0.2) is 4.39 Å². The van der Waals surface area contributed by atoms with E-state index in [1.165, 1.54) is 24.8 Å². The Morgan fingerprint density at radius 2 is 2.12 bits per heavy atom. The molecule has 136 valence electrons. The van der Waals surface area contributed by atoms with Crippen LogP contribution in [0.1, 0.15) is 32.1 Å². The number of carbonyl (C=O) groups excluding carboxylic acids is 1. The number of rotatable bonds is 6. The van der Waals surface area contributed by atoms with E-state index >= 15 is 0 Å². The van der Waals surface area contributed by atoms with Crippen LogP contribution in [-0.4, -0.2) is 35.3 Å². The second-order valence-corrected chi connectivity index (χ2v) is 6.82. The topological polar surface area (TPSA) is 73.6 Å². The summed E-state index contributed by atoms with van der Waals surface area (Å²) in [6.07, 6.45) is -0.225. The zero-order valence-electron chi connectivity index (χ0n) is 13.8. The lowest BCUT2D eigenvalue weighted by molar-refractivity contribution is -0.109. The summed E-state index contributed by atoms with van der Waals surface area (Å²) < 4.78 is 44.0. The molecule has 0 radical (unpaired) electrons. The fraction of sp³-hybridized carbons (Fsp3) is 0.500. The Labute approximate surface area is 147 Å². The standard InChI is InChI=1S/C16H18F2N2O4S/c1-3-9(7-25-8(2)21)19-15-11-6-10(16-22-4-5-23-16)12(17)13(18)14(11)24-20-15/h6,9,16H,3-5,7H2,1-2H3,(H,19,20)/t9-/m0/s1. The number of halogens is 2. The molecule has 6 nitrogen and oxygen atoms in total. The number of aromatic nitrogens is 1. The molecular formula is C16H18F2N2O4S. The van der Waals surface area contributed by atoms with Crippen LogP contribution in [0.3, 0.4) is 0 Å². The quantitative estimate of drug-likeness (QED) is 0.830. The molecule has 1 aromatic heterocycles. The second-order valence-electron chi connectivity index (χ2n) is 5.63. The Hall–Kier alpha value is -1.71. The fourth-order valence-electron chi connectivity index (χ4n) is 2.52. The first kappa shape index (κ1) is 18.1. The third-order valence-corrected chi connectivity index (χ3v) is 4.85. The van der Waals surface area contributed by atoms with Crippen molar-refractivity contribution in [2.45, 2.75) is 32.6 Å². The molecule has 2 aromatic rings. The molecule has 0 amide bonds. The first-order chi connectivity index (χ1) is 12.0. The van der Waals surface area contributed by atoms with Gasteiger partial charge in [-0.1, -0.05) is 23.8 Å². The van der Waals surface area contributed by atoms with Crippen molar-refractivity contribution >= 4 is 33.7 Å². The number of nitrogens with one attached hydrogen (secondary N) is 1. The number of nitrogens with zero attached hydrogens (tertiary/aromatic N) is 1. The molecule has 0 unspecified atom stereocenters. The largest absolute Gasteiger partial charge is 0.363 e. The van der Waals surface area contributed by atoms with Crippen molar-refractivity contribution < 1.29 is 27.6 Å². The van der Waals surface area contributed by atoms with Gasteiger partial charge in [0.15, 0.2) is 23.0 Å². The Morgan fingerprint density at radius 3 is 2.76 bits per heavy atom. The second kappa shape index (κ2) is 7.67. The highest BCUT2D eigenvalue weighted by atomic mass is 32.2. The third kappa shape index (κ3) is 3.78. The lowest BCUT2D eigenvalue weighted by Gasteiger charge is -2.15. The van der Waals surface area contributed by atoms with Crippen molar-refractivity contribution in [1.82, 2.24) is 5.16 Å². The van der Waals surface area contributed by atoms with E-state index in [0.29, 0.717) is 30.2 Å². The van der Waals surface area contributed by atoms with Gasteiger partial charge < -0.3 is 19.3 Å². The lowest BCUT2D eigenvalue weighted by Crippen LogP contribution is -2.22. The van der Waals surface area contributed by atoms with Crippen LogP contribution in [-0.2, 0) is 14.3 Å². The van der Waals surface area contributed by atoms with Gasteiger partial charge in [0.05, 0.1) is 18.6 Å². The molecule has 1 aliphatic rings. The average molecular weight is 372 g/mol. The third-order valence-electron chi connectivity index (χ3n) is 3.87. The van der Waals surface area contributed by atoms with E-state index in [2.05, 4.69) is 10.5 Å². The van der Waals surface area contributed by atoms with E-state index in [-0.39, 0.29) is 22.3 Å². The minimum Gasteiger partial charge on any atom is -0.363 e. The number of fused-ring (bicyclic) bond motifs is 1. The average Bonchev–Trinajstić information content (AvgIpc) is 3.24. The number of benzene rings is 1. The van der Waals surface area contributed by atoms with Gasteiger partial charge in [-0.3, -0.25) is 4.79 Å². The predicted molar refractivity (Wildman–Crippen MR) is 89.4 cm³/mol. The molecule has 1 atom stereocenters. The smallest absolute Gasteiger partial charge is 0.207 e. The van der Waals surface area contributed by atoms with Crippen molar-refractivity contribution in [3.8, 4) is 0 Å². The summed E-state index contributed by atoms with van der Waals surface area (Å²) in [5.41, 5.74) is -0.296. The Balaban J connectivity index is 1.92. The maximum atomic E-state index is 14.3. The zero-order chi connectivity index (χ0) is 18.0. The normalized spacial score (nSPS) is 16.5. The van der Waals surface area contributed by atoms with Crippen LogP contribution >= 0.6 is 11.8 Å². The van der Waals surface area contributed by atoms with Gasteiger partial charge in [0.2, 0.25) is 11.4 Å². The minimum absolute atomic E-state index is 0.0104. The monoisotopic (exact) mass is 372 g/mol. The molecule has 0 saturated carbocycles. The van der Waals surface area contributed by atoms with E-state index in [0.717, 1.165) is 6.42 Å². The number of hydrogen-bond acceptors (Lipinski definition) is 7. The van der Waals surface area contributed by atoms with Crippen LogP contribution in [0.2, 0.25) is 0 Å². The highest BCUT2D eigenvalue weighted by Gasteiger charge is 2.28. The molecule has 0 spiro atoms. The highest BCUT2D eigenvalue weighted by molar-refractivity contribution is 8.13. The van der Waals surface area contributed by atoms with Crippen molar-refractivity contribution in [3.63, 3.8) is 0 Å². The summed E-state index contributed by atoms with van der Waals surface area (Å²) in [7, 11) is 0. The van der Waals surface area contributed by atoms with Gasteiger partial charge in [0, 0.05) is 24.3 Å². The van der Waals surface area contributed by atoms with Crippen molar-refractivity contribution in [1.29, 1.82) is 0 Å². The van der Waals surface area contributed by atoms with E-state index in [9.17, 15) is 13.6 Å². The van der Waals surface area contributed by atoms with Crippen LogP contribution in [0, 0.1) is 11.6 Å². The molecule has 1 aliphatic heterocycles. The highest BCUT2D eigenvalue weighted by Crippen LogP contribution is 2.35. The van der Waals surface area contributed by atoms with Gasteiger partial charge in [0.25, 0.3) is 0 Å². The van der Waals surface area contributed by atoms with Gasteiger partial charge >= 0.3 is 0 Å². The van der Waals surface area contributed by atoms with E-state index in [4.69, 9.17) is 14.0 Å². The molecule has 1 N–H and O–H groups in total. The van der Waals surface area contributed by atoms with E-state index < -0.39 is 17.9 Å². The number of anilines is 1. The van der Waals surface area contributed by atoms with E-state index in [1.807, 2.05) is 6.92 Å². The Kier molecular flexibility index (Phi) is 5.55. The van der Waals surface area contributed by atoms with Crippen molar-refractivity contribution in [2.75, 3.05) is 24.3 Å². The summed E-state index contributed by atoms with van der Waals surface area (Å²) in [5.74, 6) is -1.37. The van der Waals surface area contributed by atoms with Crippen LogP contribution in [0.5, 0.6) is 0 Å². The minimum atomic E-state index is -1.13. The van der Waals surface area contributed by atoms with Gasteiger partial charge in [-0.15, -0.1) is 0 Å². The predicted octanol–water partition coefficient (Wildman–Crippen LogP) is 3.62. The molecule has 9 heteroatoms.